The van der Waals surface area contributed by atoms with E-state index in [0.717, 1.165) is 23.1 Å². The van der Waals surface area contributed by atoms with Gasteiger partial charge in [-0.1, -0.05) is 207 Å². The Morgan fingerprint density at radius 1 is 0.783 bits per heavy atom. The Morgan fingerprint density at radius 2 is 1.41 bits per heavy atom. The minimum absolute atomic E-state index is 0.0616. The van der Waals surface area contributed by atoms with Gasteiger partial charge in [-0.3, -0.25) is 28.8 Å². The molecule has 2 aliphatic carbocycles. The summed E-state index contributed by atoms with van der Waals surface area (Å²) in [6, 6.07) is 8.28. The molecule has 0 bridgehead atoms. The Morgan fingerprint density at radius 3 is 1.96 bits per heavy atom. The first-order valence-electron chi connectivity index (χ1n) is 25.2. The fourth-order valence-corrected chi connectivity index (χ4v) is 6.36. The van der Waals surface area contributed by atoms with E-state index in [1.807, 2.05) is 71.1 Å². The minimum atomic E-state index is -1.32. The molecule has 0 aromatic heterocycles. The van der Waals surface area contributed by atoms with Crippen molar-refractivity contribution in [3.05, 3.63) is 120 Å². The van der Waals surface area contributed by atoms with Gasteiger partial charge in [0.1, 0.15) is 23.9 Å². The van der Waals surface area contributed by atoms with Gasteiger partial charge in [-0.15, -0.1) is 0 Å². The molecular weight excluding hydrogens is 869 g/mol. The lowest BCUT2D eigenvalue weighted by atomic mass is 10.0. The molecule has 1 aromatic carbocycles. The van der Waals surface area contributed by atoms with Gasteiger partial charge in [0.15, 0.2) is 6.10 Å². The zero-order valence-corrected chi connectivity index (χ0v) is 43.8. The molecule has 1 saturated carbocycles. The number of carbonyl (C=O) groups excluding carboxylic acids is 6. The van der Waals surface area contributed by atoms with Crippen LogP contribution < -0.4 is 21.3 Å². The summed E-state index contributed by atoms with van der Waals surface area (Å²) >= 11 is 0. The molecule has 69 heavy (non-hydrogen) atoms. The Kier molecular flexibility index (Phi) is 35.8. The molecule has 4 amide bonds. The lowest BCUT2D eigenvalue weighted by Gasteiger charge is -2.28. The van der Waals surface area contributed by atoms with E-state index < -0.39 is 66.9 Å². The third kappa shape index (κ3) is 34.2. The van der Waals surface area contributed by atoms with Crippen LogP contribution >= 0.6 is 0 Å². The fraction of sp³-hybridized carbons (Fsp3) is 0.544. The largest absolute Gasteiger partial charge is 0.491 e. The number of hydrogen-bond donors (Lipinski definition) is 4. The lowest BCUT2D eigenvalue weighted by molar-refractivity contribution is -0.156. The van der Waals surface area contributed by atoms with Crippen LogP contribution in [0.4, 0.5) is 0 Å². The van der Waals surface area contributed by atoms with Crippen molar-refractivity contribution in [2.45, 2.75) is 183 Å². The second kappa shape index (κ2) is 39.1. The zero-order chi connectivity index (χ0) is 51.9. The summed E-state index contributed by atoms with van der Waals surface area (Å²) in [6.07, 6.45) is 31.3. The third-order valence-electron chi connectivity index (χ3n) is 10.4. The molecule has 384 valence electrons. The van der Waals surface area contributed by atoms with Crippen LogP contribution in [0.25, 0.3) is 0 Å². The number of esters is 1. The third-order valence-corrected chi connectivity index (χ3v) is 10.4. The highest BCUT2D eigenvalue weighted by Gasteiger charge is 2.26. The SMILES string of the molecule is C1CCCCC1.C=C/C=C\C(C)=CCCC(OC(=O)CNC(=O)CCC1=CCC=C(C)C=C1)C(=O)NCC(=O)C(=O)NCC(=O)NC(C(=C)OC(C)(C)C)c1ccccc1.CCCC.CCCCC. The molecule has 4 N–H and O–H groups in total. The van der Waals surface area contributed by atoms with Gasteiger partial charge in [0.25, 0.3) is 11.8 Å². The van der Waals surface area contributed by atoms with E-state index in [1.165, 1.54) is 70.6 Å². The van der Waals surface area contributed by atoms with Crippen LogP contribution in [0.1, 0.15) is 177 Å². The van der Waals surface area contributed by atoms with Gasteiger partial charge in [0.2, 0.25) is 17.6 Å². The van der Waals surface area contributed by atoms with Crippen LogP contribution in [0.15, 0.2) is 115 Å². The van der Waals surface area contributed by atoms with Crippen LogP contribution in [0.2, 0.25) is 0 Å². The second-order valence-corrected chi connectivity index (χ2v) is 18.1. The van der Waals surface area contributed by atoms with E-state index in [-0.39, 0.29) is 24.5 Å². The van der Waals surface area contributed by atoms with Crippen molar-refractivity contribution in [2.24, 2.45) is 0 Å². The molecule has 0 aliphatic heterocycles. The number of benzene rings is 1. The van der Waals surface area contributed by atoms with Crippen LogP contribution in [0.5, 0.6) is 0 Å². The van der Waals surface area contributed by atoms with Crippen molar-refractivity contribution in [3.8, 4) is 0 Å². The van der Waals surface area contributed by atoms with Crippen LogP contribution in [-0.4, -0.2) is 66.7 Å². The van der Waals surface area contributed by atoms with E-state index in [0.29, 0.717) is 18.4 Å². The summed E-state index contributed by atoms with van der Waals surface area (Å²) in [6.45, 7) is 24.1. The maximum Gasteiger partial charge on any atom is 0.326 e. The zero-order valence-electron chi connectivity index (χ0n) is 43.8. The highest BCUT2D eigenvalue weighted by molar-refractivity contribution is 6.37. The number of nitrogens with one attached hydrogen (secondary N) is 4. The number of Topliss-reactive ketones (excluding diaryl/α,β-unsaturated/α-hetero) is 1. The molecule has 0 spiro atoms. The topological polar surface area (TPSA) is 169 Å². The van der Waals surface area contributed by atoms with Crippen molar-refractivity contribution in [2.75, 3.05) is 19.6 Å². The van der Waals surface area contributed by atoms with Gasteiger partial charge >= 0.3 is 5.97 Å². The van der Waals surface area contributed by atoms with Crippen LogP contribution in [0, 0.1) is 0 Å². The highest BCUT2D eigenvalue weighted by atomic mass is 16.5. The quantitative estimate of drug-likeness (QED) is 0.0343. The molecule has 12 nitrogen and oxygen atoms in total. The number of ether oxygens (including phenoxy) is 2. The Balaban J connectivity index is 0.00000263. The number of hydrogen-bond acceptors (Lipinski definition) is 8. The summed E-state index contributed by atoms with van der Waals surface area (Å²) in [7, 11) is 0. The first-order valence-corrected chi connectivity index (χ1v) is 25.2. The molecule has 2 atom stereocenters. The molecule has 12 heteroatoms. The lowest BCUT2D eigenvalue weighted by Crippen LogP contribution is -2.46. The Bertz CT molecular complexity index is 1850. The molecule has 0 heterocycles. The predicted octanol–water partition coefficient (Wildman–Crippen LogP) is 11.4. The average Bonchev–Trinajstić information content (AvgIpc) is 3.55. The average molecular weight is 957 g/mol. The minimum Gasteiger partial charge on any atom is -0.491 e. The predicted molar refractivity (Wildman–Crippen MR) is 282 cm³/mol. The number of amides is 4. The van der Waals surface area contributed by atoms with Crippen LogP contribution in [-0.2, 0) is 38.2 Å². The van der Waals surface area contributed by atoms with Crippen molar-refractivity contribution in [1.82, 2.24) is 21.3 Å². The summed E-state index contributed by atoms with van der Waals surface area (Å²) in [4.78, 5) is 76.2. The molecule has 0 radical (unpaired) electrons. The number of carbonyl (C=O) groups is 6. The maximum absolute atomic E-state index is 13.1. The molecule has 2 aliphatic rings. The van der Waals surface area contributed by atoms with Gasteiger partial charge in [-0.2, -0.15) is 0 Å². The van der Waals surface area contributed by atoms with Gasteiger partial charge in [0.05, 0.1) is 13.1 Å². The fourth-order valence-electron chi connectivity index (χ4n) is 6.36. The number of ketones is 1. The van der Waals surface area contributed by atoms with E-state index in [1.54, 1.807) is 36.4 Å². The second-order valence-electron chi connectivity index (χ2n) is 18.1. The summed E-state index contributed by atoms with van der Waals surface area (Å²) in [5, 5.41) is 9.88. The smallest absolute Gasteiger partial charge is 0.326 e. The number of allylic oxidation sites excluding steroid dienone is 11. The van der Waals surface area contributed by atoms with Gasteiger partial charge in [-0.05, 0) is 65.9 Å². The first-order chi connectivity index (χ1) is 32.9. The molecule has 1 aromatic rings. The number of rotatable bonds is 24. The molecule has 1 fully saturated rings. The van der Waals surface area contributed by atoms with Crippen molar-refractivity contribution in [3.63, 3.8) is 0 Å². The highest BCUT2D eigenvalue weighted by Crippen LogP contribution is 2.25. The molecular formula is C57H88N4O8. The van der Waals surface area contributed by atoms with Gasteiger partial charge < -0.3 is 30.7 Å². The summed E-state index contributed by atoms with van der Waals surface area (Å²) in [5.41, 5.74) is 3.17. The molecule has 2 unspecified atom stereocenters. The molecule has 3 rings (SSSR count). The Labute approximate surface area is 416 Å². The van der Waals surface area contributed by atoms with E-state index in [9.17, 15) is 28.8 Å². The maximum atomic E-state index is 13.1. The van der Waals surface area contributed by atoms with Crippen molar-refractivity contribution < 1.29 is 38.2 Å². The Hall–Kier alpha value is -5.78. The van der Waals surface area contributed by atoms with Gasteiger partial charge in [-0.25, -0.2) is 0 Å². The van der Waals surface area contributed by atoms with Gasteiger partial charge in [0, 0.05) is 6.42 Å². The van der Waals surface area contributed by atoms with E-state index in [2.05, 4.69) is 68.2 Å². The van der Waals surface area contributed by atoms with E-state index in [4.69, 9.17) is 9.47 Å². The van der Waals surface area contributed by atoms with Crippen molar-refractivity contribution >= 4 is 35.4 Å². The number of unbranched alkanes of at least 4 members (excludes halogenated alkanes) is 3. The molecule has 0 saturated heterocycles. The van der Waals surface area contributed by atoms with E-state index >= 15 is 0 Å². The van der Waals surface area contributed by atoms with Crippen LogP contribution in [0.3, 0.4) is 0 Å². The summed E-state index contributed by atoms with van der Waals surface area (Å²) < 4.78 is 11.3. The first kappa shape index (κ1) is 63.2. The van der Waals surface area contributed by atoms with Crippen molar-refractivity contribution in [1.29, 1.82) is 0 Å². The normalized spacial score (nSPS) is 14.1. The summed E-state index contributed by atoms with van der Waals surface area (Å²) in [5.74, 6) is -4.45. The monoisotopic (exact) mass is 957 g/mol. The standard InChI is InChI=1S/C42H54N4O8.C6H12.C5H12.C4H10/c1-8-9-15-29(2)17-14-21-35(53-38(50)28-43-36(48)25-24-32-18-13-16-30(3)22-23-32)41(52)44-26-34(47)40(51)45-27-37(49)46-39(31(4)54-42(5,6)7)33-19-11-10-12-20-33;1-2-4-6-5-3-1;1-3-5-4-2;1-3-4-2/h8-12,15-20,22-23,35,39H,1,4,13-14,21,24-28H2,2-3,5-7H3,(H,43,48)(H,44,52)(H,45,51)(H,46,49);1-6H2;3-5H2,1-2H3;3-4H2,1-2H3/b15-9-,29-17?;;;.